The van der Waals surface area contributed by atoms with Crippen LogP contribution in [0.4, 0.5) is 5.82 Å². The molecule has 6 atom stereocenters. The molecule has 0 aromatic carbocycles. The van der Waals surface area contributed by atoms with Gasteiger partial charge >= 0.3 is 11.9 Å². The minimum Gasteiger partial charge on any atom is -0.462 e. The number of aromatic nitrogens is 3. The summed E-state index contributed by atoms with van der Waals surface area (Å²) in [6.07, 6.45) is 28.3. The first-order valence-corrected chi connectivity index (χ1v) is 24.9. The molecular weight excluding hydrogens is 787 g/mol. The lowest BCUT2D eigenvalue weighted by Crippen LogP contribution is -2.38. The van der Waals surface area contributed by atoms with Gasteiger partial charge in [-0.05, 0) is 12.8 Å². The molecule has 1 unspecified atom stereocenters. The molecule has 0 aliphatic carbocycles. The first kappa shape index (κ1) is 53.8. The Labute approximate surface area is 365 Å². The van der Waals surface area contributed by atoms with Gasteiger partial charge in [-0.3, -0.25) is 14.4 Å². The number of amides is 1. The fraction of sp³-hybridized carbons (Fsp3) is 0.889. The van der Waals surface area contributed by atoms with Gasteiger partial charge in [-0.25, -0.2) is 4.68 Å². The van der Waals surface area contributed by atoms with Gasteiger partial charge in [0.25, 0.3) is 0 Å². The fourth-order valence-electron chi connectivity index (χ4n) is 7.37. The number of rotatable bonds is 39. The Hall–Kier alpha value is -2.30. The third-order valence-electron chi connectivity index (χ3n) is 11.2. The lowest BCUT2D eigenvalue weighted by molar-refractivity contribution is -0.157. The summed E-state index contributed by atoms with van der Waals surface area (Å²) in [5.41, 5.74) is 6.18. The van der Waals surface area contributed by atoms with E-state index in [1.54, 1.807) is 0 Å². The fourth-order valence-corrected chi connectivity index (χ4v) is 8.34. The second-order valence-electron chi connectivity index (χ2n) is 16.7. The Kier molecular flexibility index (Phi) is 31.6. The first-order chi connectivity index (χ1) is 29.2. The number of nitrogens with one attached hydrogen (secondary N) is 1. The number of unbranched alkanes of at least 4 members (excludes halogenated alkanes) is 24. The molecule has 348 valence electrons. The summed E-state index contributed by atoms with van der Waals surface area (Å²) >= 11 is 1.32. The van der Waals surface area contributed by atoms with Crippen molar-refractivity contribution >= 4 is 35.4 Å². The third kappa shape index (κ3) is 25.0. The number of hydrogen-bond acceptors (Lipinski definition) is 13. The molecule has 1 fully saturated rings. The number of esters is 2. The largest absolute Gasteiger partial charge is 0.462 e. The Morgan fingerprint density at radius 1 is 0.733 bits per heavy atom. The highest BCUT2D eigenvalue weighted by Crippen LogP contribution is 2.29. The van der Waals surface area contributed by atoms with E-state index >= 15 is 0 Å². The zero-order valence-electron chi connectivity index (χ0n) is 37.3. The number of nitrogens with two attached hydrogens (primary N) is 1. The quantitative estimate of drug-likeness (QED) is 0.0312. The van der Waals surface area contributed by atoms with Crippen molar-refractivity contribution in [3.63, 3.8) is 0 Å². The van der Waals surface area contributed by atoms with E-state index in [-0.39, 0.29) is 30.1 Å². The maximum Gasteiger partial charge on any atom is 0.306 e. The van der Waals surface area contributed by atoms with Gasteiger partial charge in [0.05, 0.1) is 18.8 Å². The highest BCUT2D eigenvalue weighted by molar-refractivity contribution is 7.99. The molecule has 1 amide bonds. The first-order valence-electron chi connectivity index (χ1n) is 23.7. The van der Waals surface area contributed by atoms with Crippen molar-refractivity contribution in [1.82, 2.24) is 15.0 Å². The minimum atomic E-state index is -1.35. The molecular formula is C45H83N5O9S. The van der Waals surface area contributed by atoms with Gasteiger partial charge in [0.15, 0.2) is 12.0 Å². The van der Waals surface area contributed by atoms with Gasteiger partial charge in [0.1, 0.15) is 31.0 Å². The van der Waals surface area contributed by atoms with E-state index in [0.717, 1.165) is 43.2 Å². The number of hydrogen-bond donors (Lipinski definition) is 5. The van der Waals surface area contributed by atoms with Crippen LogP contribution in [0.1, 0.15) is 200 Å². The summed E-state index contributed by atoms with van der Waals surface area (Å²) in [6.45, 7) is 3.95. The van der Waals surface area contributed by atoms with Crippen molar-refractivity contribution in [2.75, 3.05) is 30.0 Å². The van der Waals surface area contributed by atoms with Crippen molar-refractivity contribution in [3.8, 4) is 0 Å². The number of carbonyl (C=O) groups excluding carboxylic acids is 3. The third-order valence-corrected chi connectivity index (χ3v) is 12.4. The van der Waals surface area contributed by atoms with Crippen LogP contribution in [0.15, 0.2) is 6.20 Å². The van der Waals surface area contributed by atoms with Crippen LogP contribution < -0.4 is 11.1 Å². The number of aliphatic hydroxyl groups is 3. The van der Waals surface area contributed by atoms with Gasteiger partial charge in [-0.15, -0.1) is 5.10 Å². The number of carbonyl (C=O) groups is 3. The molecule has 14 nitrogen and oxygen atoms in total. The molecule has 0 saturated carbocycles. The minimum absolute atomic E-state index is 0.0555. The number of ether oxygens (including phenoxy) is 3. The van der Waals surface area contributed by atoms with Gasteiger partial charge in [-0.1, -0.05) is 173 Å². The molecule has 1 aromatic rings. The van der Waals surface area contributed by atoms with Crippen LogP contribution in [-0.4, -0.2) is 103 Å². The zero-order valence-corrected chi connectivity index (χ0v) is 38.1. The molecule has 1 aliphatic heterocycles. The van der Waals surface area contributed by atoms with Crippen molar-refractivity contribution in [1.29, 1.82) is 0 Å². The lowest BCUT2D eigenvalue weighted by atomic mass is 10.0. The van der Waals surface area contributed by atoms with Gasteiger partial charge in [0.2, 0.25) is 5.91 Å². The van der Waals surface area contributed by atoms with Crippen LogP contribution in [0.25, 0.3) is 0 Å². The van der Waals surface area contributed by atoms with Crippen LogP contribution in [0.5, 0.6) is 0 Å². The maximum atomic E-state index is 12.9. The summed E-state index contributed by atoms with van der Waals surface area (Å²) in [5, 5.41) is 40.0. The van der Waals surface area contributed by atoms with E-state index < -0.39 is 49.2 Å². The molecule has 0 bridgehead atoms. The topological polar surface area (TPSA) is 208 Å². The molecule has 2 heterocycles. The second-order valence-corrected chi connectivity index (χ2v) is 17.8. The summed E-state index contributed by atoms with van der Waals surface area (Å²) in [4.78, 5) is 38.4. The van der Waals surface area contributed by atoms with Crippen LogP contribution in [-0.2, 0) is 28.6 Å². The van der Waals surface area contributed by atoms with E-state index in [4.69, 9.17) is 19.9 Å². The molecule has 0 spiro atoms. The maximum absolute atomic E-state index is 12.9. The Bertz CT molecular complexity index is 1240. The van der Waals surface area contributed by atoms with Gasteiger partial charge < -0.3 is 40.6 Å². The normalized spacial score (nSPS) is 18.7. The van der Waals surface area contributed by atoms with Gasteiger partial charge in [0, 0.05) is 24.3 Å². The number of nitrogens with zero attached hydrogens (tertiary/aromatic N) is 3. The Balaban J connectivity index is 1.72. The Morgan fingerprint density at radius 3 is 1.67 bits per heavy atom. The lowest BCUT2D eigenvalue weighted by Gasteiger charge is -2.19. The molecule has 1 aromatic heterocycles. The number of aliphatic hydroxyl groups excluding tert-OH is 3. The molecule has 2 rings (SSSR count). The summed E-state index contributed by atoms with van der Waals surface area (Å²) in [5.74, 6) is -0.616. The monoisotopic (exact) mass is 870 g/mol. The summed E-state index contributed by atoms with van der Waals surface area (Å²) < 4.78 is 18.0. The van der Waals surface area contributed by atoms with E-state index in [0.29, 0.717) is 18.6 Å². The van der Waals surface area contributed by atoms with Crippen molar-refractivity contribution in [2.24, 2.45) is 5.73 Å². The van der Waals surface area contributed by atoms with E-state index in [1.165, 1.54) is 146 Å². The average molecular weight is 870 g/mol. The van der Waals surface area contributed by atoms with E-state index in [2.05, 4.69) is 29.5 Å². The predicted molar refractivity (Wildman–Crippen MR) is 238 cm³/mol. The molecule has 60 heavy (non-hydrogen) atoms. The molecule has 0 radical (unpaired) electrons. The van der Waals surface area contributed by atoms with E-state index in [1.807, 2.05) is 0 Å². The second kappa shape index (κ2) is 35.2. The average Bonchev–Trinajstić information content (AvgIpc) is 3.82. The summed E-state index contributed by atoms with van der Waals surface area (Å²) in [7, 11) is 0. The highest BCUT2D eigenvalue weighted by atomic mass is 32.2. The van der Waals surface area contributed by atoms with Gasteiger partial charge in [-0.2, -0.15) is 11.8 Å². The van der Waals surface area contributed by atoms with E-state index in [9.17, 15) is 29.7 Å². The van der Waals surface area contributed by atoms with Crippen LogP contribution in [0, 0.1) is 0 Å². The standard InChI is InChI=1S/C45H83N5O9S/c1-3-5-7-9-11-13-15-17-19-21-23-25-27-29-40(52)57-33-36(58-41(53)30-28-26-24-22-20-18-16-14-12-10-8-6-4-2)34-60-35-37(46)44(56)47-39-31-50(49-48-39)45-43(55)42(54)38(32-51)59-45/h31,36-38,42-43,45,51,54-55H,3-30,32-35,46H2,1-2H3,(H,47,56)/t36-,37-,38?,42-,43+,45+/m1/s1. The molecule has 6 N–H and O–H groups in total. The van der Waals surface area contributed by atoms with Crippen molar-refractivity contribution < 1.29 is 43.9 Å². The van der Waals surface area contributed by atoms with Crippen LogP contribution >= 0.6 is 11.8 Å². The zero-order chi connectivity index (χ0) is 43.6. The van der Waals surface area contributed by atoms with Crippen LogP contribution in [0.2, 0.25) is 0 Å². The number of thioether (sulfide) groups is 1. The summed E-state index contributed by atoms with van der Waals surface area (Å²) in [6, 6.07) is -0.950. The Morgan fingerprint density at radius 2 is 1.20 bits per heavy atom. The SMILES string of the molecule is CCCCCCCCCCCCCCCC(=O)OC[C@H](CSC[C@@H](N)C(=O)Nc1cn([C@H]2OC(CO)[C@@H](O)[C@@H]2O)nn1)OC(=O)CCCCCCCCCCCCCCC. The molecule has 15 heteroatoms. The van der Waals surface area contributed by atoms with Crippen molar-refractivity contribution in [2.45, 2.75) is 230 Å². The van der Waals surface area contributed by atoms with Crippen LogP contribution in [0.3, 0.4) is 0 Å². The molecule has 1 aliphatic rings. The smallest absolute Gasteiger partial charge is 0.306 e. The van der Waals surface area contributed by atoms with Crippen molar-refractivity contribution in [3.05, 3.63) is 6.20 Å². The highest BCUT2D eigenvalue weighted by Gasteiger charge is 2.44. The molecule has 1 saturated heterocycles. The predicted octanol–water partition coefficient (Wildman–Crippen LogP) is 8.31. The number of anilines is 1.